The number of hydrogen-bond acceptors (Lipinski definition) is 6. The molecule has 8 heteroatoms. The third-order valence-corrected chi connectivity index (χ3v) is 6.13. The van der Waals surface area contributed by atoms with E-state index in [-0.39, 0.29) is 18.2 Å². The number of nitrogens with one attached hydrogen (secondary N) is 2. The van der Waals surface area contributed by atoms with Gasteiger partial charge in [-0.1, -0.05) is 29.4 Å². The van der Waals surface area contributed by atoms with Crippen molar-refractivity contribution in [2.75, 3.05) is 10.6 Å². The van der Waals surface area contributed by atoms with Crippen molar-refractivity contribution in [1.82, 2.24) is 10.1 Å². The molecular weight excluding hydrogens is 388 g/mol. The number of carbonyl (C=O) groups excluding carboxylic acids is 2. The summed E-state index contributed by atoms with van der Waals surface area (Å²) in [5.41, 5.74) is 2.20. The Labute approximate surface area is 171 Å². The molecule has 29 heavy (non-hydrogen) atoms. The lowest BCUT2D eigenvalue weighted by molar-refractivity contribution is -0.120. The van der Waals surface area contributed by atoms with E-state index in [9.17, 15) is 9.59 Å². The zero-order chi connectivity index (χ0) is 19.8. The average Bonchev–Trinajstić information content (AvgIpc) is 3.45. The lowest BCUT2D eigenvalue weighted by Crippen LogP contribution is -2.32. The lowest BCUT2D eigenvalue weighted by Gasteiger charge is -2.23. The number of para-hydroxylation sites is 1. The predicted octanol–water partition coefficient (Wildman–Crippen LogP) is 4.06. The van der Waals surface area contributed by atoms with E-state index in [2.05, 4.69) is 20.8 Å². The molecule has 2 amide bonds. The second-order valence-electron chi connectivity index (χ2n) is 7.16. The molecule has 1 atom stereocenters. The number of hydrogen-bond donors (Lipinski definition) is 2. The van der Waals surface area contributed by atoms with Gasteiger partial charge in [0.2, 0.25) is 23.5 Å². The highest BCUT2D eigenvalue weighted by Crippen LogP contribution is 2.39. The van der Waals surface area contributed by atoms with Gasteiger partial charge in [-0.3, -0.25) is 9.59 Å². The first-order valence-corrected chi connectivity index (χ1v) is 10.3. The van der Waals surface area contributed by atoms with Crippen LogP contribution < -0.4 is 10.6 Å². The first kappa shape index (κ1) is 17.9. The summed E-state index contributed by atoms with van der Waals surface area (Å²) in [6.45, 7) is 0. The third kappa shape index (κ3) is 3.88. The number of aromatic nitrogens is 2. The van der Waals surface area contributed by atoms with Crippen molar-refractivity contribution in [3.8, 4) is 11.4 Å². The summed E-state index contributed by atoms with van der Waals surface area (Å²) < 4.78 is 5.31. The molecule has 146 valence electrons. The minimum atomic E-state index is -0.466. The van der Waals surface area contributed by atoms with E-state index in [1.54, 1.807) is 6.07 Å². The summed E-state index contributed by atoms with van der Waals surface area (Å²) in [6.07, 6.45) is 2.27. The van der Waals surface area contributed by atoms with Gasteiger partial charge in [-0.15, -0.1) is 11.8 Å². The number of anilines is 2. The van der Waals surface area contributed by atoms with Crippen molar-refractivity contribution in [1.29, 1.82) is 0 Å². The van der Waals surface area contributed by atoms with Crippen LogP contribution in [0.1, 0.15) is 31.1 Å². The van der Waals surface area contributed by atoms with Crippen LogP contribution in [0.3, 0.4) is 0 Å². The number of carbonyl (C=O) groups is 2. The Morgan fingerprint density at radius 3 is 2.93 bits per heavy atom. The van der Waals surface area contributed by atoms with E-state index in [0.29, 0.717) is 23.3 Å². The smallest absolute Gasteiger partial charge is 0.238 e. The Morgan fingerprint density at radius 2 is 2.07 bits per heavy atom. The third-order valence-electron chi connectivity index (χ3n) is 4.85. The summed E-state index contributed by atoms with van der Waals surface area (Å²) in [6, 6.07) is 14.9. The quantitative estimate of drug-likeness (QED) is 0.663. The number of rotatable bonds is 5. The van der Waals surface area contributed by atoms with Crippen LogP contribution in [0.2, 0.25) is 0 Å². The molecule has 1 aliphatic heterocycles. The van der Waals surface area contributed by atoms with Crippen LogP contribution in [-0.2, 0) is 9.59 Å². The van der Waals surface area contributed by atoms with E-state index < -0.39 is 5.25 Å². The highest BCUT2D eigenvalue weighted by Gasteiger charge is 2.30. The summed E-state index contributed by atoms with van der Waals surface area (Å²) in [7, 11) is 0. The zero-order valence-corrected chi connectivity index (χ0v) is 16.2. The van der Waals surface area contributed by atoms with E-state index in [1.807, 2.05) is 42.5 Å². The number of benzene rings is 2. The van der Waals surface area contributed by atoms with Gasteiger partial charge in [0.1, 0.15) is 0 Å². The molecule has 5 rings (SSSR count). The molecule has 2 aromatic carbocycles. The van der Waals surface area contributed by atoms with E-state index in [1.165, 1.54) is 11.8 Å². The Hall–Kier alpha value is -3.13. The van der Waals surface area contributed by atoms with Gasteiger partial charge in [-0.2, -0.15) is 4.98 Å². The molecule has 1 saturated carbocycles. The maximum atomic E-state index is 12.5. The maximum absolute atomic E-state index is 12.5. The lowest BCUT2D eigenvalue weighted by atomic mass is 10.2. The van der Waals surface area contributed by atoms with Gasteiger partial charge in [0.15, 0.2) is 0 Å². The molecule has 2 N–H and O–H groups in total. The first-order valence-electron chi connectivity index (χ1n) is 9.46. The fourth-order valence-corrected chi connectivity index (χ4v) is 4.30. The Balaban J connectivity index is 1.25. The van der Waals surface area contributed by atoms with Crippen molar-refractivity contribution in [3.05, 3.63) is 54.4 Å². The topological polar surface area (TPSA) is 97.1 Å². The number of nitrogens with zero attached hydrogens (tertiary/aromatic N) is 2. The molecule has 1 aliphatic carbocycles. The van der Waals surface area contributed by atoms with Crippen LogP contribution in [0.25, 0.3) is 11.4 Å². The summed E-state index contributed by atoms with van der Waals surface area (Å²) in [4.78, 5) is 30.2. The molecule has 2 aliphatic rings. The highest BCUT2D eigenvalue weighted by atomic mass is 32.2. The SMILES string of the molecule is O=C(CC1Sc2ccccc2NC1=O)Nc1cccc(-c2noc(C3CC3)n2)c1. The zero-order valence-electron chi connectivity index (χ0n) is 15.4. The number of fused-ring (bicyclic) bond motifs is 1. The summed E-state index contributed by atoms with van der Waals surface area (Å²) >= 11 is 1.41. The van der Waals surface area contributed by atoms with Crippen molar-refractivity contribution < 1.29 is 14.1 Å². The predicted molar refractivity (Wildman–Crippen MR) is 110 cm³/mol. The van der Waals surface area contributed by atoms with Gasteiger partial charge in [0, 0.05) is 28.5 Å². The molecule has 0 spiro atoms. The van der Waals surface area contributed by atoms with E-state index in [4.69, 9.17) is 4.52 Å². The first-order chi connectivity index (χ1) is 14.2. The maximum Gasteiger partial charge on any atom is 0.238 e. The monoisotopic (exact) mass is 406 g/mol. The molecule has 2 heterocycles. The Kier molecular flexibility index (Phi) is 4.55. The molecule has 0 saturated heterocycles. The molecule has 0 radical (unpaired) electrons. The second-order valence-corrected chi connectivity index (χ2v) is 8.40. The molecule has 1 unspecified atom stereocenters. The normalized spacial score (nSPS) is 18.1. The van der Waals surface area contributed by atoms with Crippen LogP contribution in [-0.4, -0.2) is 27.2 Å². The van der Waals surface area contributed by atoms with Crippen LogP contribution in [0.15, 0.2) is 57.9 Å². The number of amides is 2. The molecule has 7 nitrogen and oxygen atoms in total. The van der Waals surface area contributed by atoms with Crippen LogP contribution >= 0.6 is 11.8 Å². The van der Waals surface area contributed by atoms with Gasteiger partial charge in [0.25, 0.3) is 0 Å². The molecule has 3 aromatic rings. The minimum absolute atomic E-state index is 0.0864. The van der Waals surface area contributed by atoms with Gasteiger partial charge >= 0.3 is 0 Å². The van der Waals surface area contributed by atoms with Crippen LogP contribution in [0.5, 0.6) is 0 Å². The summed E-state index contributed by atoms with van der Waals surface area (Å²) in [5, 5.41) is 9.30. The standard InChI is InChI=1S/C21H18N4O3S/c26-18(11-17-20(27)23-15-6-1-2-7-16(15)29-17)22-14-5-3-4-13(10-14)19-24-21(28-25-19)12-8-9-12/h1-7,10,12,17H,8-9,11H2,(H,22,26)(H,23,27). The summed E-state index contributed by atoms with van der Waals surface area (Å²) in [5.74, 6) is 1.21. The van der Waals surface area contributed by atoms with Gasteiger partial charge in [0.05, 0.1) is 10.9 Å². The molecule has 0 bridgehead atoms. The minimum Gasteiger partial charge on any atom is -0.339 e. The second kappa shape index (κ2) is 7.36. The number of thioether (sulfide) groups is 1. The highest BCUT2D eigenvalue weighted by molar-refractivity contribution is 8.01. The van der Waals surface area contributed by atoms with Crippen LogP contribution in [0.4, 0.5) is 11.4 Å². The van der Waals surface area contributed by atoms with Crippen molar-refractivity contribution in [2.24, 2.45) is 0 Å². The average molecular weight is 406 g/mol. The molecular formula is C21H18N4O3S. The van der Waals surface area contributed by atoms with E-state index >= 15 is 0 Å². The van der Waals surface area contributed by atoms with Crippen LogP contribution in [0, 0.1) is 0 Å². The Bertz CT molecular complexity index is 1090. The molecule has 1 fully saturated rings. The Morgan fingerprint density at radius 1 is 1.21 bits per heavy atom. The van der Waals surface area contributed by atoms with Gasteiger partial charge < -0.3 is 15.2 Å². The van der Waals surface area contributed by atoms with Gasteiger partial charge in [-0.05, 0) is 37.1 Å². The van der Waals surface area contributed by atoms with Gasteiger partial charge in [-0.25, -0.2) is 0 Å². The van der Waals surface area contributed by atoms with E-state index in [0.717, 1.165) is 29.0 Å². The largest absolute Gasteiger partial charge is 0.339 e. The van der Waals surface area contributed by atoms with Crippen molar-refractivity contribution in [2.45, 2.75) is 35.3 Å². The fraction of sp³-hybridized carbons (Fsp3) is 0.238. The molecule has 1 aromatic heterocycles. The van der Waals surface area contributed by atoms with Crippen molar-refractivity contribution in [3.63, 3.8) is 0 Å². The fourth-order valence-electron chi connectivity index (χ4n) is 3.19. The van der Waals surface area contributed by atoms with Crippen molar-refractivity contribution >= 4 is 35.0 Å².